The third kappa shape index (κ3) is 4.57. The highest BCUT2D eigenvalue weighted by molar-refractivity contribution is 7.89. The van der Waals surface area contributed by atoms with Crippen molar-refractivity contribution in [1.29, 1.82) is 0 Å². The van der Waals surface area contributed by atoms with E-state index in [-0.39, 0.29) is 49.9 Å². The van der Waals surface area contributed by atoms with Crippen molar-refractivity contribution < 1.29 is 26.0 Å². The fraction of sp³-hybridized carbons (Fsp3) is 0.423. The number of aryl methyl sites for hydroxylation is 2. The van der Waals surface area contributed by atoms with Crippen LogP contribution < -0.4 is 0 Å². The van der Waals surface area contributed by atoms with Crippen molar-refractivity contribution in [3.05, 3.63) is 65.7 Å². The van der Waals surface area contributed by atoms with Gasteiger partial charge in [-0.2, -0.15) is 32.5 Å². The van der Waals surface area contributed by atoms with E-state index in [0.717, 1.165) is 26.8 Å². The van der Waals surface area contributed by atoms with E-state index in [0.29, 0.717) is 5.69 Å². The fourth-order valence-electron chi connectivity index (χ4n) is 5.49. The van der Waals surface area contributed by atoms with Gasteiger partial charge in [0.05, 0.1) is 29.0 Å². The molecule has 1 saturated carbocycles. The van der Waals surface area contributed by atoms with E-state index in [1.54, 1.807) is 27.9 Å². The molecule has 14 heteroatoms. The Morgan fingerprint density at radius 3 is 2.40 bits per heavy atom. The maximum absolute atomic E-state index is 14.0. The quantitative estimate of drug-likeness (QED) is 0.322. The van der Waals surface area contributed by atoms with Crippen LogP contribution in [0.25, 0.3) is 16.6 Å². The van der Waals surface area contributed by atoms with E-state index >= 15 is 0 Å². The highest BCUT2D eigenvalue weighted by Crippen LogP contribution is 2.58. The largest absolute Gasteiger partial charge is 0.395 e. The van der Waals surface area contributed by atoms with Crippen LogP contribution in [-0.2, 0) is 17.1 Å². The lowest BCUT2D eigenvalue weighted by molar-refractivity contribution is -0.194. The molecule has 1 aliphatic heterocycles. The summed E-state index contributed by atoms with van der Waals surface area (Å²) < 4.78 is 85.1. The van der Waals surface area contributed by atoms with Crippen LogP contribution in [0.15, 0.2) is 53.8 Å². The molecule has 2 fully saturated rings. The zero-order valence-corrected chi connectivity index (χ0v) is 22.6. The molecule has 4 aromatic rings. The van der Waals surface area contributed by atoms with Crippen LogP contribution in [0.4, 0.5) is 17.6 Å². The molecule has 0 spiro atoms. The molecule has 2 aromatic carbocycles. The first-order valence-electron chi connectivity index (χ1n) is 12.8. The molecule has 0 radical (unpaired) electrons. The predicted octanol–water partition coefficient (Wildman–Crippen LogP) is 3.99. The Hall–Kier alpha value is -3.36. The maximum atomic E-state index is 14.0. The second kappa shape index (κ2) is 9.35. The molecule has 2 aromatic heterocycles. The van der Waals surface area contributed by atoms with Crippen molar-refractivity contribution in [3.8, 4) is 5.69 Å². The zero-order valence-electron chi connectivity index (χ0n) is 21.8. The Balaban J connectivity index is 1.39. The number of rotatable bonds is 6. The van der Waals surface area contributed by atoms with Crippen LogP contribution in [0, 0.1) is 18.2 Å². The number of halogens is 4. The molecule has 1 saturated heterocycles. The van der Waals surface area contributed by atoms with Gasteiger partial charge >= 0.3 is 6.18 Å². The zero-order chi connectivity index (χ0) is 28.4. The standard InChI is InChI=1S/C26H27F4N7O2S/c1-17-11-22-18(13-32-37(22)20-5-3-19(27)4-6-20)12-21(17)23-15-36(40(38,39)24-14-31-34(2)33-24)10-9-35(23)16-25(7-8-25)26(28,29)30/h3-6,11-14,23H,7-10,15-16H2,1-2H3/t23-/m1/s1. The van der Waals surface area contributed by atoms with Gasteiger partial charge in [-0.25, -0.2) is 17.5 Å². The Bertz CT molecular complexity index is 1680. The van der Waals surface area contributed by atoms with Gasteiger partial charge in [-0.3, -0.25) is 4.90 Å². The average Bonchev–Trinajstić information content (AvgIpc) is 3.39. The first kappa shape index (κ1) is 26.8. The normalized spacial score (nSPS) is 20.3. The van der Waals surface area contributed by atoms with Crippen molar-refractivity contribution in [2.45, 2.75) is 37.0 Å². The molecule has 212 valence electrons. The van der Waals surface area contributed by atoms with Gasteiger partial charge in [-0.05, 0) is 67.3 Å². The third-order valence-electron chi connectivity index (χ3n) is 7.98. The predicted molar refractivity (Wildman–Crippen MR) is 138 cm³/mol. The summed E-state index contributed by atoms with van der Waals surface area (Å²) in [5.41, 5.74) is 1.13. The minimum absolute atomic E-state index is 0.0349. The van der Waals surface area contributed by atoms with E-state index < -0.39 is 27.7 Å². The van der Waals surface area contributed by atoms with E-state index in [2.05, 4.69) is 15.3 Å². The summed E-state index contributed by atoms with van der Waals surface area (Å²) in [7, 11) is -2.50. The maximum Gasteiger partial charge on any atom is 0.395 e. The van der Waals surface area contributed by atoms with Crippen molar-refractivity contribution >= 4 is 20.9 Å². The number of hydrogen-bond acceptors (Lipinski definition) is 6. The van der Waals surface area contributed by atoms with E-state index in [4.69, 9.17) is 0 Å². The molecule has 6 rings (SSSR count). The van der Waals surface area contributed by atoms with Gasteiger partial charge in [-0.15, -0.1) is 5.10 Å². The summed E-state index contributed by atoms with van der Waals surface area (Å²) in [4.78, 5) is 2.92. The average molecular weight is 578 g/mol. The molecule has 40 heavy (non-hydrogen) atoms. The minimum Gasteiger partial charge on any atom is -0.293 e. The van der Waals surface area contributed by atoms with Crippen molar-refractivity contribution in [2.75, 3.05) is 26.2 Å². The highest BCUT2D eigenvalue weighted by Gasteiger charge is 2.64. The lowest BCUT2D eigenvalue weighted by Gasteiger charge is -2.43. The topological polar surface area (TPSA) is 89.2 Å². The smallest absolute Gasteiger partial charge is 0.293 e. The number of aromatic nitrogens is 5. The Kier molecular flexibility index (Phi) is 6.27. The van der Waals surface area contributed by atoms with Gasteiger partial charge < -0.3 is 0 Å². The van der Waals surface area contributed by atoms with Gasteiger partial charge in [0.25, 0.3) is 10.0 Å². The number of hydrogen-bond donors (Lipinski definition) is 0. The number of alkyl halides is 3. The van der Waals surface area contributed by atoms with Gasteiger partial charge in [0.15, 0.2) is 0 Å². The van der Waals surface area contributed by atoms with Crippen LogP contribution >= 0.6 is 0 Å². The monoisotopic (exact) mass is 577 g/mol. The second-order valence-electron chi connectivity index (χ2n) is 10.6. The van der Waals surface area contributed by atoms with Crippen molar-refractivity contribution in [3.63, 3.8) is 0 Å². The van der Waals surface area contributed by atoms with Gasteiger partial charge in [0.2, 0.25) is 5.03 Å². The molecule has 0 amide bonds. The molecule has 2 aliphatic rings. The van der Waals surface area contributed by atoms with Crippen LogP contribution in [-0.4, -0.2) is 74.8 Å². The SMILES string of the molecule is Cc1cc2c(cnn2-c2ccc(F)cc2)cc1[C@H]1CN(S(=O)(=O)c2cnn(C)n2)CCN1CC1(C(F)(F)F)CC1. The van der Waals surface area contributed by atoms with E-state index in [1.165, 1.54) is 29.7 Å². The summed E-state index contributed by atoms with van der Waals surface area (Å²) in [6, 6.07) is 9.01. The molecular weight excluding hydrogens is 550 g/mol. The highest BCUT2D eigenvalue weighted by atomic mass is 32.2. The van der Waals surface area contributed by atoms with Gasteiger partial charge in [0.1, 0.15) is 5.82 Å². The lowest BCUT2D eigenvalue weighted by Crippen LogP contribution is -2.53. The lowest BCUT2D eigenvalue weighted by atomic mass is 9.94. The summed E-state index contributed by atoms with van der Waals surface area (Å²) >= 11 is 0. The number of piperazine rings is 1. The van der Waals surface area contributed by atoms with Crippen LogP contribution in [0.1, 0.15) is 30.0 Å². The molecule has 0 unspecified atom stereocenters. The second-order valence-corrected chi connectivity index (χ2v) is 12.5. The number of benzene rings is 2. The molecule has 1 atom stereocenters. The molecule has 0 N–H and O–H groups in total. The van der Waals surface area contributed by atoms with Crippen LogP contribution in [0.5, 0.6) is 0 Å². The van der Waals surface area contributed by atoms with Crippen molar-refractivity contribution in [1.82, 2.24) is 34.0 Å². The minimum atomic E-state index is -4.34. The fourth-order valence-corrected chi connectivity index (χ4v) is 6.82. The number of nitrogens with zero attached hydrogens (tertiary/aromatic N) is 7. The number of sulfonamides is 1. The Morgan fingerprint density at radius 2 is 1.77 bits per heavy atom. The molecule has 1 aliphatic carbocycles. The first-order valence-corrected chi connectivity index (χ1v) is 14.2. The first-order chi connectivity index (χ1) is 18.9. The number of fused-ring (bicyclic) bond motifs is 1. The summed E-state index contributed by atoms with van der Waals surface area (Å²) in [5, 5.41) is 12.8. The summed E-state index contributed by atoms with van der Waals surface area (Å²) in [6.07, 6.45) is -1.41. The van der Waals surface area contributed by atoms with Crippen LogP contribution in [0.3, 0.4) is 0 Å². The molecule has 0 bridgehead atoms. The Morgan fingerprint density at radius 1 is 1.05 bits per heavy atom. The summed E-state index contributed by atoms with van der Waals surface area (Å²) in [5.74, 6) is -0.371. The molecule has 3 heterocycles. The van der Waals surface area contributed by atoms with Crippen LogP contribution in [0.2, 0.25) is 0 Å². The van der Waals surface area contributed by atoms with Gasteiger partial charge in [0, 0.05) is 44.7 Å². The van der Waals surface area contributed by atoms with Crippen molar-refractivity contribution in [2.24, 2.45) is 12.5 Å². The Labute approximate surface area is 228 Å². The molecule has 9 nitrogen and oxygen atoms in total. The third-order valence-corrected chi connectivity index (χ3v) is 9.71. The summed E-state index contributed by atoms with van der Waals surface area (Å²) in [6.45, 7) is 1.78. The van der Waals surface area contributed by atoms with E-state index in [9.17, 15) is 26.0 Å². The van der Waals surface area contributed by atoms with E-state index in [1.807, 2.05) is 19.1 Å². The van der Waals surface area contributed by atoms with Gasteiger partial charge in [-0.1, -0.05) is 0 Å². The molecular formula is C26H27F4N7O2S.